The van der Waals surface area contributed by atoms with Crippen LogP contribution in [0, 0.1) is 0 Å². The molecule has 0 saturated carbocycles. The molecule has 0 spiro atoms. The van der Waals surface area contributed by atoms with Crippen molar-refractivity contribution >= 4 is 13.7 Å². The third kappa shape index (κ3) is 48.4. The quantitative estimate of drug-likeness (QED) is 0.0243. The van der Waals surface area contributed by atoms with Crippen molar-refractivity contribution in [3.8, 4) is 0 Å². The Morgan fingerprint density at radius 1 is 0.516 bits per heavy atom. The predicted octanol–water partition coefficient (Wildman–Crippen LogP) is 16.0. The first kappa shape index (κ1) is 62.5. The van der Waals surface area contributed by atoms with Crippen molar-refractivity contribution in [3.63, 3.8) is 0 Å². The molecule has 3 unspecified atom stereocenters. The number of phosphoric acid groups is 1. The fourth-order valence-corrected chi connectivity index (χ4v) is 8.44. The summed E-state index contributed by atoms with van der Waals surface area (Å²) in [7, 11) is 1.55. The number of nitrogens with one attached hydrogen (secondary N) is 1. The number of likely N-dealkylation sites (N-methyl/N-ethyl adjacent to an activating group) is 1. The first-order valence-electron chi connectivity index (χ1n) is 27.0. The molecule has 0 aliphatic carbocycles. The lowest BCUT2D eigenvalue weighted by Gasteiger charge is -2.25. The summed E-state index contributed by atoms with van der Waals surface area (Å²) in [5.41, 5.74) is 0. The van der Waals surface area contributed by atoms with Crippen molar-refractivity contribution in [3.05, 3.63) is 48.6 Å². The zero-order valence-corrected chi connectivity index (χ0v) is 43.7. The molecular weight excluding hydrogens is 816 g/mol. The molecule has 376 valence electrons. The van der Waals surface area contributed by atoms with Gasteiger partial charge < -0.3 is 19.8 Å². The number of hydrogen-bond donors (Lipinski definition) is 3. The first-order chi connectivity index (χ1) is 31.0. The number of aliphatic hydroxyl groups excluding tert-OH is 1. The highest BCUT2D eigenvalue weighted by atomic mass is 31.2. The largest absolute Gasteiger partial charge is 0.472 e. The maximum atomic E-state index is 12.9. The summed E-state index contributed by atoms with van der Waals surface area (Å²) in [4.78, 5) is 23.2. The monoisotopic (exact) mass is 922 g/mol. The van der Waals surface area contributed by atoms with Crippen LogP contribution in [0.4, 0.5) is 0 Å². The topological polar surface area (TPSA) is 105 Å². The molecule has 0 saturated heterocycles. The van der Waals surface area contributed by atoms with Crippen LogP contribution >= 0.6 is 7.82 Å². The summed E-state index contributed by atoms with van der Waals surface area (Å²) in [5.74, 6) is -0.191. The Bertz CT molecular complexity index is 1180. The van der Waals surface area contributed by atoms with E-state index in [0.29, 0.717) is 17.4 Å². The Kier molecular flexibility index (Phi) is 45.4. The van der Waals surface area contributed by atoms with E-state index in [1.165, 1.54) is 173 Å². The van der Waals surface area contributed by atoms with Crippen LogP contribution in [0.25, 0.3) is 0 Å². The van der Waals surface area contributed by atoms with E-state index in [-0.39, 0.29) is 19.1 Å². The number of hydrogen-bond acceptors (Lipinski definition) is 5. The van der Waals surface area contributed by atoms with E-state index in [1.54, 1.807) is 6.08 Å². The smallest absolute Gasteiger partial charge is 0.387 e. The molecule has 9 heteroatoms. The molecule has 3 atom stereocenters. The third-order valence-corrected chi connectivity index (χ3v) is 13.0. The molecule has 0 heterocycles. The van der Waals surface area contributed by atoms with Crippen molar-refractivity contribution in [2.24, 2.45) is 0 Å². The normalized spacial score (nSPS) is 14.4. The number of quaternary nitrogens is 1. The number of phosphoric ester groups is 1. The number of nitrogens with zero attached hydrogens (tertiary/aromatic N) is 1. The zero-order valence-electron chi connectivity index (χ0n) is 42.8. The Morgan fingerprint density at radius 3 is 1.30 bits per heavy atom. The summed E-state index contributed by atoms with van der Waals surface area (Å²) in [6, 6.07) is -0.868. The summed E-state index contributed by atoms with van der Waals surface area (Å²) < 4.78 is 23.6. The van der Waals surface area contributed by atoms with Gasteiger partial charge in [-0.2, -0.15) is 0 Å². The van der Waals surface area contributed by atoms with Gasteiger partial charge in [-0.15, -0.1) is 0 Å². The van der Waals surface area contributed by atoms with Gasteiger partial charge in [0.1, 0.15) is 13.2 Å². The average Bonchev–Trinajstić information content (AvgIpc) is 3.25. The van der Waals surface area contributed by atoms with Gasteiger partial charge in [0.05, 0.1) is 39.9 Å². The summed E-state index contributed by atoms with van der Waals surface area (Å²) in [5, 5.41) is 13.8. The van der Waals surface area contributed by atoms with Gasteiger partial charge in [0.15, 0.2) is 0 Å². The summed E-state index contributed by atoms with van der Waals surface area (Å²) in [6.07, 6.45) is 60.8. The maximum absolute atomic E-state index is 12.9. The van der Waals surface area contributed by atoms with E-state index in [4.69, 9.17) is 9.05 Å². The Morgan fingerprint density at radius 2 is 0.875 bits per heavy atom. The van der Waals surface area contributed by atoms with Gasteiger partial charge in [-0.05, 0) is 64.2 Å². The minimum atomic E-state index is -4.35. The van der Waals surface area contributed by atoms with Crippen molar-refractivity contribution in [1.29, 1.82) is 0 Å². The molecule has 0 aromatic heterocycles. The van der Waals surface area contributed by atoms with Crippen molar-refractivity contribution in [2.75, 3.05) is 40.9 Å². The highest BCUT2D eigenvalue weighted by molar-refractivity contribution is 7.47. The highest BCUT2D eigenvalue weighted by Crippen LogP contribution is 2.43. The van der Waals surface area contributed by atoms with E-state index >= 15 is 0 Å². The SMILES string of the molecule is CCCC/C=C/CC/C=C/CC/C=C/C(O)C(COP(=O)(O)OCC[N+](C)(C)C)NC(=O)CCCCCCCCCCCCCCCC/C=C\CCCCCCCCCCCCCC. The molecule has 0 aromatic carbocycles. The minimum absolute atomic E-state index is 0.0531. The molecule has 0 aliphatic rings. The van der Waals surface area contributed by atoms with E-state index in [9.17, 15) is 19.4 Å². The zero-order chi connectivity index (χ0) is 47.1. The second-order valence-electron chi connectivity index (χ2n) is 19.6. The van der Waals surface area contributed by atoms with E-state index in [0.717, 1.165) is 51.4 Å². The molecule has 1 amide bonds. The van der Waals surface area contributed by atoms with Crippen LogP contribution in [0.3, 0.4) is 0 Å². The van der Waals surface area contributed by atoms with Crippen molar-refractivity contribution in [2.45, 2.75) is 257 Å². The number of amides is 1. The summed E-state index contributed by atoms with van der Waals surface area (Å²) in [6.45, 7) is 4.75. The summed E-state index contributed by atoms with van der Waals surface area (Å²) >= 11 is 0. The number of aliphatic hydroxyl groups is 1. The van der Waals surface area contributed by atoms with Gasteiger partial charge in [-0.3, -0.25) is 13.8 Å². The molecule has 0 fully saturated rings. The number of carbonyl (C=O) groups is 1. The van der Waals surface area contributed by atoms with Crippen molar-refractivity contribution < 1.29 is 32.9 Å². The molecule has 0 aliphatic heterocycles. The van der Waals surface area contributed by atoms with Gasteiger partial charge >= 0.3 is 7.82 Å². The van der Waals surface area contributed by atoms with E-state index < -0.39 is 20.0 Å². The van der Waals surface area contributed by atoms with Crippen LogP contribution in [-0.2, 0) is 18.4 Å². The Hall–Kier alpha value is -1.54. The predicted molar refractivity (Wildman–Crippen MR) is 277 cm³/mol. The highest BCUT2D eigenvalue weighted by Gasteiger charge is 2.27. The standard InChI is InChI=1S/C55H105N2O6P/c1-6-8-10-12-14-16-18-20-21-22-23-24-25-26-27-28-29-30-31-32-33-34-35-36-37-39-41-43-45-47-49-55(59)56-53(52-63-64(60,61)62-51-50-57(3,4)5)54(58)48-46-44-42-40-38-19-17-15-13-11-9-7-2/h13,15,26-27,38,40,46,48,53-54,58H,6-12,14,16-25,28-37,39,41-45,47,49-52H2,1-5H3,(H-,56,59,60,61)/p+1/b15-13+,27-26-,40-38+,48-46+. The van der Waals surface area contributed by atoms with Crippen LogP contribution in [0.1, 0.15) is 245 Å². The second kappa shape index (κ2) is 46.6. The van der Waals surface area contributed by atoms with E-state index in [1.807, 2.05) is 27.2 Å². The van der Waals surface area contributed by atoms with Gasteiger partial charge in [0.2, 0.25) is 5.91 Å². The lowest BCUT2D eigenvalue weighted by atomic mass is 10.0. The number of unbranched alkanes of at least 4 members (excludes halogenated alkanes) is 30. The lowest BCUT2D eigenvalue weighted by Crippen LogP contribution is -2.45. The van der Waals surface area contributed by atoms with Gasteiger partial charge in [0.25, 0.3) is 0 Å². The Labute approximate surface area is 397 Å². The van der Waals surface area contributed by atoms with Crippen molar-refractivity contribution in [1.82, 2.24) is 5.32 Å². The molecule has 0 radical (unpaired) electrons. The fourth-order valence-electron chi connectivity index (χ4n) is 7.70. The van der Waals surface area contributed by atoms with E-state index in [2.05, 4.69) is 55.6 Å². The van der Waals surface area contributed by atoms with Gasteiger partial charge in [-0.1, -0.05) is 223 Å². The van der Waals surface area contributed by atoms with Crippen LogP contribution < -0.4 is 5.32 Å². The molecule has 0 rings (SSSR count). The third-order valence-electron chi connectivity index (χ3n) is 12.0. The van der Waals surface area contributed by atoms with Crippen LogP contribution in [-0.4, -0.2) is 73.4 Å². The maximum Gasteiger partial charge on any atom is 0.472 e. The van der Waals surface area contributed by atoms with Gasteiger partial charge in [0, 0.05) is 6.42 Å². The molecule has 3 N–H and O–H groups in total. The van der Waals surface area contributed by atoms with Gasteiger partial charge in [-0.25, -0.2) is 4.57 Å². The number of rotatable bonds is 49. The molecule has 8 nitrogen and oxygen atoms in total. The molecule has 0 aromatic rings. The van der Waals surface area contributed by atoms with Crippen LogP contribution in [0.15, 0.2) is 48.6 Å². The molecule has 64 heavy (non-hydrogen) atoms. The fraction of sp³-hybridized carbons (Fsp3) is 0.836. The second-order valence-corrected chi connectivity index (χ2v) is 21.0. The van der Waals surface area contributed by atoms with Crippen LogP contribution in [0.2, 0.25) is 0 Å². The minimum Gasteiger partial charge on any atom is -0.387 e. The first-order valence-corrected chi connectivity index (χ1v) is 28.5. The molecule has 0 bridgehead atoms. The number of carbonyl (C=O) groups excluding carboxylic acids is 1. The lowest BCUT2D eigenvalue weighted by molar-refractivity contribution is -0.870. The Balaban J connectivity index is 4.08. The number of allylic oxidation sites excluding steroid dienone is 7. The average molecular weight is 922 g/mol. The molecular formula is C55H106N2O6P+. The van der Waals surface area contributed by atoms with Crippen LogP contribution in [0.5, 0.6) is 0 Å².